The Bertz CT molecular complexity index is 562. The van der Waals surface area contributed by atoms with Crippen molar-refractivity contribution in [3.63, 3.8) is 0 Å². The van der Waals surface area contributed by atoms with Gasteiger partial charge in [0, 0.05) is 11.4 Å². The normalized spacial score (nSPS) is 18.4. The van der Waals surface area contributed by atoms with Crippen molar-refractivity contribution in [1.82, 2.24) is 14.8 Å². The van der Waals surface area contributed by atoms with Crippen LogP contribution in [-0.2, 0) is 6.54 Å². The topological polar surface area (TPSA) is 56.7 Å². The molecule has 4 nitrogen and oxygen atoms in total. The highest BCUT2D eigenvalue weighted by molar-refractivity contribution is 5.85. The molecule has 0 aromatic carbocycles. The van der Waals surface area contributed by atoms with Gasteiger partial charge in [0.2, 0.25) is 0 Å². The summed E-state index contributed by atoms with van der Waals surface area (Å²) in [5.41, 5.74) is 6.44. The van der Waals surface area contributed by atoms with Crippen molar-refractivity contribution in [2.75, 3.05) is 0 Å². The van der Waals surface area contributed by atoms with E-state index in [-0.39, 0.29) is 18.4 Å². The predicted octanol–water partition coefficient (Wildman–Crippen LogP) is 2.37. The van der Waals surface area contributed by atoms with Crippen LogP contribution in [-0.4, -0.2) is 20.4 Å². The van der Waals surface area contributed by atoms with Crippen LogP contribution in [0.3, 0.4) is 0 Å². The van der Waals surface area contributed by atoms with Gasteiger partial charge in [0.1, 0.15) is 5.67 Å². The monoisotopic (exact) mass is 270 g/mol. The van der Waals surface area contributed by atoms with Crippen LogP contribution in [0, 0.1) is 0 Å². The Morgan fingerprint density at radius 1 is 1.50 bits per heavy atom. The molecule has 0 amide bonds. The van der Waals surface area contributed by atoms with E-state index in [9.17, 15) is 4.39 Å². The lowest BCUT2D eigenvalue weighted by Gasteiger charge is -2.07. The SMILES string of the molecule is CC(N)c1cc2cnn(CC3(F)CC3)c2cn1.Cl. The van der Waals surface area contributed by atoms with E-state index in [1.54, 1.807) is 17.1 Å². The summed E-state index contributed by atoms with van der Waals surface area (Å²) in [4.78, 5) is 4.28. The van der Waals surface area contributed by atoms with Crippen molar-refractivity contribution in [1.29, 1.82) is 0 Å². The van der Waals surface area contributed by atoms with Crippen LogP contribution in [0.25, 0.3) is 10.9 Å². The van der Waals surface area contributed by atoms with Gasteiger partial charge in [-0.05, 0) is 25.8 Å². The third-order valence-corrected chi connectivity index (χ3v) is 3.24. The van der Waals surface area contributed by atoms with E-state index in [2.05, 4.69) is 10.1 Å². The molecule has 1 aliphatic rings. The zero-order valence-electron chi connectivity index (χ0n) is 10.1. The predicted molar refractivity (Wildman–Crippen MR) is 70.5 cm³/mol. The molecule has 0 aliphatic heterocycles. The maximum atomic E-state index is 13.7. The van der Waals surface area contributed by atoms with Crippen LogP contribution in [0.5, 0.6) is 0 Å². The molecule has 3 rings (SSSR count). The fourth-order valence-corrected chi connectivity index (χ4v) is 1.93. The number of rotatable bonds is 3. The van der Waals surface area contributed by atoms with Crippen molar-refractivity contribution >= 4 is 23.3 Å². The first-order valence-corrected chi connectivity index (χ1v) is 5.83. The lowest BCUT2D eigenvalue weighted by atomic mass is 10.2. The molecule has 0 spiro atoms. The number of nitrogens with zero attached hydrogens (tertiary/aromatic N) is 3. The minimum Gasteiger partial charge on any atom is -0.323 e. The minimum absolute atomic E-state index is 0. The summed E-state index contributed by atoms with van der Waals surface area (Å²) in [5, 5.41) is 5.19. The number of hydrogen-bond acceptors (Lipinski definition) is 3. The third kappa shape index (κ3) is 2.33. The van der Waals surface area contributed by atoms with Crippen LogP contribution in [0.15, 0.2) is 18.5 Å². The van der Waals surface area contributed by atoms with E-state index in [1.165, 1.54) is 0 Å². The van der Waals surface area contributed by atoms with Crippen LogP contribution in [0.4, 0.5) is 4.39 Å². The zero-order chi connectivity index (χ0) is 12.0. The van der Waals surface area contributed by atoms with Crippen LogP contribution >= 0.6 is 12.4 Å². The Labute approximate surface area is 111 Å². The minimum atomic E-state index is -1.04. The van der Waals surface area contributed by atoms with Gasteiger partial charge in [-0.1, -0.05) is 0 Å². The summed E-state index contributed by atoms with van der Waals surface area (Å²) in [5.74, 6) is 0. The number of halogens is 2. The molecule has 2 aromatic rings. The van der Waals surface area contributed by atoms with Gasteiger partial charge in [-0.3, -0.25) is 9.67 Å². The summed E-state index contributed by atoms with van der Waals surface area (Å²) in [6.07, 6.45) is 4.75. The van der Waals surface area contributed by atoms with E-state index in [0.29, 0.717) is 19.4 Å². The fraction of sp³-hybridized carbons (Fsp3) is 0.500. The van der Waals surface area contributed by atoms with Gasteiger partial charge in [-0.25, -0.2) is 4.39 Å². The van der Waals surface area contributed by atoms with Gasteiger partial charge in [0.15, 0.2) is 0 Å². The highest BCUT2D eigenvalue weighted by atomic mass is 35.5. The number of aromatic nitrogens is 3. The Hall–Kier alpha value is -1.20. The first-order valence-electron chi connectivity index (χ1n) is 5.83. The van der Waals surface area contributed by atoms with Gasteiger partial charge >= 0.3 is 0 Å². The molecule has 2 heterocycles. The van der Waals surface area contributed by atoms with Crippen molar-refractivity contribution in [3.05, 3.63) is 24.2 Å². The van der Waals surface area contributed by atoms with Gasteiger partial charge in [0.05, 0.1) is 30.1 Å². The summed E-state index contributed by atoms with van der Waals surface area (Å²) in [7, 11) is 0. The van der Waals surface area contributed by atoms with Gasteiger partial charge < -0.3 is 5.73 Å². The zero-order valence-corrected chi connectivity index (χ0v) is 11.0. The Kier molecular flexibility index (Phi) is 3.29. The van der Waals surface area contributed by atoms with E-state index in [1.807, 2.05) is 13.0 Å². The fourth-order valence-electron chi connectivity index (χ4n) is 1.93. The molecule has 1 unspecified atom stereocenters. The second-order valence-electron chi connectivity index (χ2n) is 4.91. The Morgan fingerprint density at radius 3 is 2.83 bits per heavy atom. The molecule has 6 heteroatoms. The number of hydrogen-bond donors (Lipinski definition) is 1. The van der Waals surface area contributed by atoms with Gasteiger partial charge in [-0.2, -0.15) is 5.10 Å². The van der Waals surface area contributed by atoms with Crippen molar-refractivity contribution in [2.24, 2.45) is 5.73 Å². The van der Waals surface area contributed by atoms with Crippen LogP contribution in [0.2, 0.25) is 0 Å². The summed E-state index contributed by atoms with van der Waals surface area (Å²) in [6.45, 7) is 2.22. The summed E-state index contributed by atoms with van der Waals surface area (Å²) >= 11 is 0. The van der Waals surface area contributed by atoms with Gasteiger partial charge in [-0.15, -0.1) is 12.4 Å². The Morgan fingerprint density at radius 2 is 2.22 bits per heavy atom. The van der Waals surface area contributed by atoms with Crippen LogP contribution < -0.4 is 5.73 Å². The summed E-state index contributed by atoms with van der Waals surface area (Å²) < 4.78 is 15.4. The molecule has 1 saturated carbocycles. The lowest BCUT2D eigenvalue weighted by Crippen LogP contribution is -2.13. The Balaban J connectivity index is 0.00000120. The third-order valence-electron chi connectivity index (χ3n) is 3.24. The molecule has 98 valence electrons. The van der Waals surface area contributed by atoms with Gasteiger partial charge in [0.25, 0.3) is 0 Å². The van der Waals surface area contributed by atoms with Crippen molar-refractivity contribution in [3.8, 4) is 0 Å². The molecular formula is C12H16ClFN4. The number of pyridine rings is 1. The van der Waals surface area contributed by atoms with Crippen LogP contribution in [0.1, 0.15) is 31.5 Å². The molecule has 0 bridgehead atoms. The summed E-state index contributed by atoms with van der Waals surface area (Å²) in [6, 6.07) is 1.82. The second-order valence-corrected chi connectivity index (χ2v) is 4.91. The molecule has 0 radical (unpaired) electrons. The quantitative estimate of drug-likeness (QED) is 0.932. The first kappa shape index (κ1) is 13.2. The highest BCUT2D eigenvalue weighted by Gasteiger charge is 2.44. The smallest absolute Gasteiger partial charge is 0.130 e. The number of alkyl halides is 1. The second kappa shape index (κ2) is 4.48. The molecular weight excluding hydrogens is 255 g/mol. The lowest BCUT2D eigenvalue weighted by molar-refractivity contribution is 0.264. The van der Waals surface area contributed by atoms with E-state index >= 15 is 0 Å². The molecule has 1 fully saturated rings. The highest BCUT2D eigenvalue weighted by Crippen LogP contribution is 2.41. The average molecular weight is 271 g/mol. The maximum Gasteiger partial charge on any atom is 0.130 e. The molecule has 0 saturated heterocycles. The van der Waals surface area contributed by atoms with E-state index in [4.69, 9.17) is 5.73 Å². The number of fused-ring (bicyclic) bond motifs is 1. The maximum absolute atomic E-state index is 13.7. The largest absolute Gasteiger partial charge is 0.323 e. The van der Waals surface area contributed by atoms with Crippen molar-refractivity contribution in [2.45, 2.75) is 38.0 Å². The molecule has 2 aromatic heterocycles. The average Bonchev–Trinajstić information content (AvgIpc) is 2.88. The van der Waals surface area contributed by atoms with Crippen molar-refractivity contribution < 1.29 is 4.39 Å². The van der Waals surface area contributed by atoms with E-state index < -0.39 is 5.67 Å². The molecule has 1 atom stereocenters. The molecule has 18 heavy (non-hydrogen) atoms. The molecule has 1 aliphatic carbocycles. The standard InChI is InChI=1S/C12H15FN4.ClH/c1-8(14)10-4-9-5-16-17(11(9)6-15-10)7-12(13)2-3-12;/h4-6,8H,2-3,7,14H2,1H3;1H. The number of nitrogens with two attached hydrogens (primary N) is 1. The molecule has 2 N–H and O–H groups in total. The first-order chi connectivity index (χ1) is 8.07. The van der Waals surface area contributed by atoms with E-state index in [0.717, 1.165) is 16.6 Å².